The van der Waals surface area contributed by atoms with E-state index in [4.69, 9.17) is 10.00 Å². The lowest BCUT2D eigenvalue weighted by Gasteiger charge is -2.21. The van der Waals surface area contributed by atoms with Gasteiger partial charge in [0.15, 0.2) is 0 Å². The van der Waals surface area contributed by atoms with Crippen molar-refractivity contribution in [1.29, 1.82) is 5.26 Å². The molecule has 1 N–H and O–H groups in total. The van der Waals surface area contributed by atoms with Crippen molar-refractivity contribution >= 4 is 40.6 Å². The molecule has 0 spiro atoms. The largest absolute Gasteiger partial charge is 0.377 e. The fourth-order valence-electron chi connectivity index (χ4n) is 3.90. The molecule has 1 aliphatic rings. The van der Waals surface area contributed by atoms with Gasteiger partial charge in [-0.05, 0) is 68.8 Å². The molecule has 0 radical (unpaired) electrons. The first kappa shape index (κ1) is 22.5. The van der Waals surface area contributed by atoms with Crippen LogP contribution >= 0.6 is 12.4 Å². The van der Waals surface area contributed by atoms with E-state index >= 15 is 0 Å². The van der Waals surface area contributed by atoms with E-state index in [2.05, 4.69) is 27.3 Å². The van der Waals surface area contributed by atoms with Gasteiger partial charge in [-0.15, -0.1) is 12.4 Å². The molecule has 2 aromatic carbocycles. The van der Waals surface area contributed by atoms with E-state index in [9.17, 15) is 4.79 Å². The first-order chi connectivity index (χ1) is 14.6. The van der Waals surface area contributed by atoms with E-state index in [1.807, 2.05) is 32.0 Å². The van der Waals surface area contributed by atoms with E-state index in [0.29, 0.717) is 16.8 Å². The highest BCUT2D eigenvalue weighted by Gasteiger charge is 2.24. The van der Waals surface area contributed by atoms with Gasteiger partial charge in [-0.1, -0.05) is 0 Å². The van der Waals surface area contributed by atoms with E-state index in [1.165, 1.54) is 0 Å². The van der Waals surface area contributed by atoms with Crippen LogP contribution < -0.4 is 10.2 Å². The number of rotatable bonds is 5. The third-order valence-corrected chi connectivity index (χ3v) is 5.34. The van der Waals surface area contributed by atoms with E-state index in [-0.39, 0.29) is 24.4 Å². The number of benzene rings is 2. The van der Waals surface area contributed by atoms with Crippen LogP contribution in [-0.2, 0) is 4.74 Å². The quantitative estimate of drug-likeness (QED) is 0.626. The van der Waals surface area contributed by atoms with Crippen LogP contribution in [0.3, 0.4) is 0 Å². The van der Waals surface area contributed by atoms with Gasteiger partial charge in [0.2, 0.25) is 0 Å². The zero-order valence-electron chi connectivity index (χ0n) is 17.6. The Morgan fingerprint density at radius 1 is 1.26 bits per heavy atom. The fourth-order valence-corrected chi connectivity index (χ4v) is 3.90. The summed E-state index contributed by atoms with van der Waals surface area (Å²) in [4.78, 5) is 19.6. The van der Waals surface area contributed by atoms with Gasteiger partial charge in [-0.3, -0.25) is 9.78 Å². The molecule has 0 saturated carbocycles. The van der Waals surface area contributed by atoms with Gasteiger partial charge < -0.3 is 15.0 Å². The summed E-state index contributed by atoms with van der Waals surface area (Å²) in [5.74, 6) is -0.217. The highest BCUT2D eigenvalue weighted by Crippen LogP contribution is 2.31. The van der Waals surface area contributed by atoms with Crippen molar-refractivity contribution in [2.24, 2.45) is 0 Å². The fraction of sp³-hybridized carbons (Fsp3) is 0.292. The molecule has 1 saturated heterocycles. The Bertz CT molecular complexity index is 1120. The van der Waals surface area contributed by atoms with Crippen LogP contribution in [0.15, 0.2) is 48.5 Å². The van der Waals surface area contributed by atoms with Crippen LogP contribution in [0.25, 0.3) is 10.9 Å². The molecule has 1 aliphatic heterocycles. The molecule has 1 aromatic heterocycles. The number of anilines is 2. The molecule has 4 rings (SSSR count). The van der Waals surface area contributed by atoms with Crippen LogP contribution in [0.4, 0.5) is 11.4 Å². The summed E-state index contributed by atoms with van der Waals surface area (Å²) in [6, 6.07) is 16.6. The number of aromatic nitrogens is 1. The van der Waals surface area contributed by atoms with Gasteiger partial charge in [0.25, 0.3) is 5.91 Å². The normalized spacial score (nSPS) is 15.4. The maximum Gasteiger partial charge on any atom is 0.255 e. The molecule has 0 bridgehead atoms. The standard InChI is InChI=1S/C24H24N4O2.ClH/c1-3-30-20-10-11-28(15-20)23-12-16(2)26-22-13-19(8-9-21(22)23)27-24(29)18-6-4-17(14-25)5-7-18;/h4-9,12-13,20H,3,10-11,15H2,1-2H3,(H,27,29);1H. The summed E-state index contributed by atoms with van der Waals surface area (Å²) in [7, 11) is 0. The zero-order valence-corrected chi connectivity index (χ0v) is 18.4. The van der Waals surface area contributed by atoms with Gasteiger partial charge in [-0.25, -0.2) is 0 Å². The number of fused-ring (bicyclic) bond motifs is 1. The molecule has 1 amide bonds. The number of nitrogens with zero attached hydrogens (tertiary/aromatic N) is 3. The molecule has 6 nitrogen and oxygen atoms in total. The van der Waals surface area contributed by atoms with Crippen molar-refractivity contribution in [3.8, 4) is 6.07 Å². The molecule has 0 aliphatic carbocycles. The Labute approximate surface area is 188 Å². The number of ether oxygens (including phenoxy) is 1. The molecule has 160 valence electrons. The summed E-state index contributed by atoms with van der Waals surface area (Å²) in [5, 5.41) is 12.9. The average molecular weight is 437 g/mol. The lowest BCUT2D eigenvalue weighted by atomic mass is 10.1. The number of nitriles is 1. The number of pyridine rings is 1. The summed E-state index contributed by atoms with van der Waals surface area (Å²) in [6.45, 7) is 6.59. The minimum absolute atomic E-state index is 0. The predicted molar refractivity (Wildman–Crippen MR) is 125 cm³/mol. The highest BCUT2D eigenvalue weighted by molar-refractivity contribution is 6.05. The maximum atomic E-state index is 12.6. The number of aryl methyl sites for hydroxylation is 1. The van der Waals surface area contributed by atoms with Crippen molar-refractivity contribution < 1.29 is 9.53 Å². The van der Waals surface area contributed by atoms with Gasteiger partial charge in [0, 0.05) is 47.7 Å². The molecule has 2 heterocycles. The molecule has 1 unspecified atom stereocenters. The lowest BCUT2D eigenvalue weighted by molar-refractivity contribution is 0.0788. The first-order valence-electron chi connectivity index (χ1n) is 10.2. The third-order valence-electron chi connectivity index (χ3n) is 5.34. The number of halogens is 1. The summed E-state index contributed by atoms with van der Waals surface area (Å²) in [5.41, 5.74) is 4.67. The third kappa shape index (κ3) is 4.96. The van der Waals surface area contributed by atoms with Crippen molar-refractivity contribution in [2.75, 3.05) is 29.9 Å². The summed E-state index contributed by atoms with van der Waals surface area (Å²) in [6.07, 6.45) is 1.29. The Morgan fingerprint density at radius 2 is 2.03 bits per heavy atom. The Hall–Kier alpha value is -3.14. The average Bonchev–Trinajstić information content (AvgIpc) is 3.21. The molecule has 1 fully saturated rings. The van der Waals surface area contributed by atoms with E-state index in [1.54, 1.807) is 24.3 Å². The van der Waals surface area contributed by atoms with Gasteiger partial charge in [0.1, 0.15) is 0 Å². The second kappa shape index (κ2) is 9.78. The highest BCUT2D eigenvalue weighted by atomic mass is 35.5. The second-order valence-electron chi connectivity index (χ2n) is 7.47. The Balaban J connectivity index is 0.00000272. The van der Waals surface area contributed by atoms with Crippen LogP contribution in [-0.4, -0.2) is 36.7 Å². The summed E-state index contributed by atoms with van der Waals surface area (Å²) < 4.78 is 5.79. The van der Waals surface area contributed by atoms with Gasteiger partial charge in [0.05, 0.1) is 23.3 Å². The number of carbonyl (C=O) groups is 1. The first-order valence-corrected chi connectivity index (χ1v) is 10.2. The summed E-state index contributed by atoms with van der Waals surface area (Å²) >= 11 is 0. The number of nitrogens with one attached hydrogen (secondary N) is 1. The van der Waals surface area contributed by atoms with E-state index < -0.39 is 0 Å². The molecular formula is C24H25ClN4O2. The van der Waals surface area contributed by atoms with Gasteiger partial charge >= 0.3 is 0 Å². The van der Waals surface area contributed by atoms with Crippen molar-refractivity contribution in [1.82, 2.24) is 4.98 Å². The van der Waals surface area contributed by atoms with Crippen molar-refractivity contribution in [3.05, 3.63) is 65.4 Å². The number of amides is 1. The topological polar surface area (TPSA) is 78.2 Å². The van der Waals surface area contributed by atoms with E-state index in [0.717, 1.165) is 48.4 Å². The van der Waals surface area contributed by atoms with Crippen molar-refractivity contribution in [2.45, 2.75) is 26.4 Å². The number of hydrogen-bond acceptors (Lipinski definition) is 5. The molecular weight excluding hydrogens is 412 g/mol. The van der Waals surface area contributed by atoms with Crippen LogP contribution in [0.5, 0.6) is 0 Å². The smallest absolute Gasteiger partial charge is 0.255 e. The maximum absolute atomic E-state index is 12.6. The Kier molecular flexibility index (Phi) is 7.11. The molecule has 3 aromatic rings. The van der Waals surface area contributed by atoms with Gasteiger partial charge in [-0.2, -0.15) is 5.26 Å². The second-order valence-corrected chi connectivity index (χ2v) is 7.47. The SMILES string of the molecule is CCOC1CCN(c2cc(C)nc3cc(NC(=O)c4ccc(C#N)cc4)ccc23)C1.Cl. The molecule has 31 heavy (non-hydrogen) atoms. The lowest BCUT2D eigenvalue weighted by Crippen LogP contribution is -2.23. The zero-order chi connectivity index (χ0) is 21.1. The van der Waals surface area contributed by atoms with Crippen molar-refractivity contribution in [3.63, 3.8) is 0 Å². The monoisotopic (exact) mass is 436 g/mol. The van der Waals surface area contributed by atoms with Crippen LogP contribution in [0.1, 0.15) is 35.0 Å². The van der Waals surface area contributed by atoms with Crippen LogP contribution in [0, 0.1) is 18.3 Å². The number of carbonyl (C=O) groups excluding carboxylic acids is 1. The Morgan fingerprint density at radius 3 is 2.74 bits per heavy atom. The van der Waals surface area contributed by atoms with Crippen LogP contribution in [0.2, 0.25) is 0 Å². The minimum Gasteiger partial charge on any atom is -0.377 e. The minimum atomic E-state index is -0.217. The molecule has 7 heteroatoms. The number of hydrogen-bond donors (Lipinski definition) is 1. The predicted octanol–water partition coefficient (Wildman–Crippen LogP) is 4.70. The molecule has 1 atom stereocenters.